The Morgan fingerprint density at radius 2 is 2.00 bits per heavy atom. The number of rotatable bonds is 7. The summed E-state index contributed by atoms with van der Waals surface area (Å²) in [5.41, 5.74) is 11.7. The highest BCUT2D eigenvalue weighted by Crippen LogP contribution is 2.40. The highest BCUT2D eigenvalue weighted by atomic mass is 32.1. The maximum atomic E-state index is 15.0. The number of imidazole rings is 1. The molecule has 1 aliphatic rings. The van der Waals surface area contributed by atoms with Crippen molar-refractivity contribution < 1.29 is 27.4 Å². The number of nitrogens with zero attached hydrogens (tertiary/aromatic N) is 6. The number of aliphatic hydroxyl groups is 1. The predicted octanol–water partition coefficient (Wildman–Crippen LogP) is 2.79. The SMILES string of the molecule is COc1cc(F)c(-c2nc(Cn3cnc4c(N)ncnc43)c(N3CCC[C@](N)([C@H](O)C(F)F)C3)s2)cc1F. The Hall–Kier alpha value is -3.56. The van der Waals surface area contributed by atoms with Gasteiger partial charge >= 0.3 is 0 Å². The maximum absolute atomic E-state index is 15.0. The molecule has 1 saturated heterocycles. The molecular formula is C23H24F4N8O2S. The van der Waals surface area contributed by atoms with Crippen LogP contribution in [0.1, 0.15) is 18.5 Å². The van der Waals surface area contributed by atoms with E-state index in [-0.39, 0.29) is 41.6 Å². The quantitative estimate of drug-likeness (QED) is 0.295. The maximum Gasteiger partial charge on any atom is 0.265 e. The lowest BCUT2D eigenvalue weighted by atomic mass is 9.85. The number of hydrogen-bond donors (Lipinski definition) is 3. The van der Waals surface area contributed by atoms with E-state index in [0.717, 1.165) is 23.5 Å². The number of ether oxygens (including phenoxy) is 1. The zero-order valence-corrected chi connectivity index (χ0v) is 20.9. The molecule has 38 heavy (non-hydrogen) atoms. The van der Waals surface area contributed by atoms with Gasteiger partial charge in [-0.25, -0.2) is 37.5 Å². The molecule has 4 heterocycles. The van der Waals surface area contributed by atoms with Crippen molar-refractivity contribution >= 4 is 33.3 Å². The molecule has 10 nitrogen and oxygen atoms in total. The number of thiazole rings is 1. The van der Waals surface area contributed by atoms with Gasteiger partial charge in [0.25, 0.3) is 6.43 Å². The summed E-state index contributed by atoms with van der Waals surface area (Å²) in [6, 6.07) is 1.92. The molecule has 0 amide bonds. The highest BCUT2D eigenvalue weighted by Gasteiger charge is 2.43. The minimum atomic E-state index is -3.02. The molecule has 0 radical (unpaired) electrons. The van der Waals surface area contributed by atoms with E-state index in [1.54, 1.807) is 9.47 Å². The van der Waals surface area contributed by atoms with Gasteiger partial charge in [0.1, 0.15) is 33.8 Å². The van der Waals surface area contributed by atoms with Crippen LogP contribution in [0.25, 0.3) is 21.7 Å². The van der Waals surface area contributed by atoms with Crippen molar-refractivity contribution in [1.82, 2.24) is 24.5 Å². The normalized spacial score (nSPS) is 18.9. The summed E-state index contributed by atoms with van der Waals surface area (Å²) in [5, 5.41) is 10.8. The molecule has 202 valence electrons. The summed E-state index contributed by atoms with van der Waals surface area (Å²) < 4.78 is 62.7. The van der Waals surface area contributed by atoms with Crippen molar-refractivity contribution in [3.05, 3.63) is 42.1 Å². The molecule has 1 aliphatic heterocycles. The van der Waals surface area contributed by atoms with Gasteiger partial charge in [0, 0.05) is 24.7 Å². The molecule has 0 aliphatic carbocycles. The van der Waals surface area contributed by atoms with Gasteiger partial charge in [-0.05, 0) is 18.9 Å². The Bertz CT molecular complexity index is 1480. The smallest absolute Gasteiger partial charge is 0.265 e. The number of anilines is 2. The minimum Gasteiger partial charge on any atom is -0.494 e. The van der Waals surface area contributed by atoms with E-state index >= 15 is 0 Å². The Balaban J connectivity index is 1.59. The first-order chi connectivity index (χ1) is 18.1. The second kappa shape index (κ2) is 9.96. The van der Waals surface area contributed by atoms with Crippen molar-refractivity contribution in [3.8, 4) is 16.3 Å². The molecule has 5 N–H and O–H groups in total. The Labute approximate surface area is 217 Å². The van der Waals surface area contributed by atoms with Crippen LogP contribution in [-0.4, -0.2) is 67.9 Å². The number of nitrogen functional groups attached to an aromatic ring is 1. The third-order valence-corrected chi connectivity index (χ3v) is 7.76. The van der Waals surface area contributed by atoms with Gasteiger partial charge in [0.05, 0.1) is 31.2 Å². The number of aliphatic hydroxyl groups excluding tert-OH is 1. The van der Waals surface area contributed by atoms with Crippen LogP contribution in [-0.2, 0) is 6.54 Å². The van der Waals surface area contributed by atoms with Crippen molar-refractivity contribution in [2.45, 2.75) is 37.5 Å². The van der Waals surface area contributed by atoms with Crippen LogP contribution in [0.15, 0.2) is 24.8 Å². The molecular weight excluding hydrogens is 528 g/mol. The highest BCUT2D eigenvalue weighted by molar-refractivity contribution is 7.19. The first kappa shape index (κ1) is 26.1. The zero-order chi connectivity index (χ0) is 27.2. The number of hydrogen-bond acceptors (Lipinski definition) is 10. The molecule has 3 aromatic heterocycles. The summed E-state index contributed by atoms with van der Waals surface area (Å²) in [7, 11) is 1.23. The van der Waals surface area contributed by atoms with Crippen LogP contribution < -0.4 is 21.1 Å². The average Bonchev–Trinajstić information content (AvgIpc) is 3.50. The van der Waals surface area contributed by atoms with Gasteiger partial charge in [-0.1, -0.05) is 11.3 Å². The van der Waals surface area contributed by atoms with Crippen LogP contribution >= 0.6 is 11.3 Å². The van der Waals surface area contributed by atoms with Crippen LogP contribution in [0.4, 0.5) is 28.4 Å². The number of fused-ring (bicyclic) bond motifs is 1. The Kier molecular flexibility index (Phi) is 6.83. The van der Waals surface area contributed by atoms with E-state index in [9.17, 15) is 22.7 Å². The van der Waals surface area contributed by atoms with Gasteiger partial charge in [0.15, 0.2) is 23.0 Å². The molecule has 1 fully saturated rings. The molecule has 15 heteroatoms. The van der Waals surface area contributed by atoms with Crippen LogP contribution in [0, 0.1) is 11.6 Å². The Morgan fingerprint density at radius 1 is 1.21 bits per heavy atom. The van der Waals surface area contributed by atoms with Crippen molar-refractivity contribution in [1.29, 1.82) is 0 Å². The van der Waals surface area contributed by atoms with Gasteiger partial charge < -0.3 is 30.8 Å². The number of piperidine rings is 1. The van der Waals surface area contributed by atoms with Crippen molar-refractivity contribution in [3.63, 3.8) is 0 Å². The monoisotopic (exact) mass is 552 g/mol. The molecule has 0 spiro atoms. The fourth-order valence-electron chi connectivity index (χ4n) is 4.61. The second-order valence-corrected chi connectivity index (χ2v) is 10.1. The van der Waals surface area contributed by atoms with Gasteiger partial charge in [-0.2, -0.15) is 0 Å². The standard InChI is InChI=1S/C23H24F4N8O2S/c1-37-15-6-12(24)11(5-13(15)25)21-33-14(7-35-10-32-16-19(28)30-9-31-20(16)35)22(38-21)34-4-2-3-23(29,8-34)17(36)18(26)27/h5-6,9-10,17-18,36H,2-4,7-8,29H2,1H3,(H2,28,30,31)/t17-,23-/m1/s1. The summed E-state index contributed by atoms with van der Waals surface area (Å²) in [6.45, 7) is 0.444. The number of nitrogens with two attached hydrogens (primary N) is 2. The lowest BCUT2D eigenvalue weighted by Gasteiger charge is -2.43. The summed E-state index contributed by atoms with van der Waals surface area (Å²) in [5.74, 6) is -1.58. The van der Waals surface area contributed by atoms with E-state index in [2.05, 4.69) is 19.9 Å². The van der Waals surface area contributed by atoms with E-state index in [1.165, 1.54) is 19.8 Å². The van der Waals surface area contributed by atoms with Crippen LogP contribution in [0.2, 0.25) is 0 Å². The second-order valence-electron chi connectivity index (χ2n) is 9.08. The summed E-state index contributed by atoms with van der Waals surface area (Å²) >= 11 is 1.06. The van der Waals surface area contributed by atoms with Crippen molar-refractivity contribution in [2.75, 3.05) is 30.8 Å². The molecule has 0 bridgehead atoms. The van der Waals surface area contributed by atoms with Crippen LogP contribution in [0.5, 0.6) is 5.75 Å². The Morgan fingerprint density at radius 3 is 2.74 bits per heavy atom. The van der Waals surface area contributed by atoms with E-state index in [1.807, 2.05) is 0 Å². The molecule has 0 unspecified atom stereocenters. The minimum absolute atomic E-state index is 0.0909. The van der Waals surface area contributed by atoms with E-state index < -0.39 is 29.7 Å². The number of alkyl halides is 2. The zero-order valence-electron chi connectivity index (χ0n) is 20.1. The third-order valence-electron chi connectivity index (χ3n) is 6.57. The lowest BCUT2D eigenvalue weighted by molar-refractivity contribution is -0.0529. The number of halogens is 4. The van der Waals surface area contributed by atoms with Crippen LogP contribution in [0.3, 0.4) is 0 Å². The third kappa shape index (κ3) is 4.61. The van der Waals surface area contributed by atoms with E-state index in [0.29, 0.717) is 34.8 Å². The van der Waals surface area contributed by atoms with Crippen molar-refractivity contribution in [2.24, 2.45) is 5.73 Å². The van der Waals surface area contributed by atoms with Gasteiger partial charge in [-0.3, -0.25) is 0 Å². The first-order valence-corrected chi connectivity index (χ1v) is 12.4. The van der Waals surface area contributed by atoms with E-state index in [4.69, 9.17) is 16.2 Å². The number of aromatic nitrogens is 5. The molecule has 5 rings (SSSR count). The summed E-state index contributed by atoms with van der Waals surface area (Å²) in [4.78, 5) is 18.7. The lowest BCUT2D eigenvalue weighted by Crippen LogP contribution is -2.63. The molecule has 4 aromatic rings. The number of methoxy groups -OCH3 is 1. The van der Waals surface area contributed by atoms with Gasteiger partial charge in [-0.15, -0.1) is 0 Å². The topological polar surface area (TPSA) is 141 Å². The summed E-state index contributed by atoms with van der Waals surface area (Å²) in [6.07, 6.45) is -1.65. The molecule has 1 aromatic carbocycles. The van der Waals surface area contributed by atoms with Gasteiger partial charge in [0.2, 0.25) is 0 Å². The first-order valence-electron chi connectivity index (χ1n) is 11.6. The largest absolute Gasteiger partial charge is 0.494 e. The molecule has 0 saturated carbocycles. The average molecular weight is 553 g/mol. The fourth-order valence-corrected chi connectivity index (χ4v) is 5.73. The fraction of sp³-hybridized carbons (Fsp3) is 0.391. The molecule has 2 atom stereocenters. The number of benzene rings is 1. The predicted molar refractivity (Wildman–Crippen MR) is 133 cm³/mol.